The first-order valence-electron chi connectivity index (χ1n) is 10.1. The first-order valence-corrected chi connectivity index (χ1v) is 10.5. The Morgan fingerprint density at radius 3 is 2.43 bits per heavy atom. The zero-order valence-electron chi connectivity index (χ0n) is 16.9. The first-order chi connectivity index (χ1) is 14.2. The molecule has 30 heavy (non-hydrogen) atoms. The van der Waals surface area contributed by atoms with Crippen LogP contribution < -0.4 is 10.6 Å². The largest absolute Gasteiger partial charge is 0.322 e. The van der Waals surface area contributed by atoms with Gasteiger partial charge >= 0.3 is 0 Å². The van der Waals surface area contributed by atoms with E-state index >= 15 is 0 Å². The molecule has 1 aliphatic heterocycles. The fraction of sp³-hybridized carbons (Fsp3) is 0.304. The summed E-state index contributed by atoms with van der Waals surface area (Å²) in [6.07, 6.45) is 4.61. The maximum atomic E-state index is 13.1. The molecule has 0 atom stereocenters. The van der Waals surface area contributed by atoms with E-state index < -0.39 is 0 Å². The van der Waals surface area contributed by atoms with Crippen molar-refractivity contribution in [1.82, 2.24) is 15.1 Å². The molecule has 1 aromatic heterocycles. The molecule has 0 unspecified atom stereocenters. The number of rotatable bonds is 5. The van der Waals surface area contributed by atoms with E-state index in [0.29, 0.717) is 10.6 Å². The van der Waals surface area contributed by atoms with Crippen molar-refractivity contribution in [2.24, 2.45) is 0 Å². The third-order valence-corrected chi connectivity index (χ3v) is 5.72. The molecule has 1 saturated heterocycles. The van der Waals surface area contributed by atoms with Crippen LogP contribution >= 0.6 is 24.0 Å². The Bertz CT molecular complexity index is 977. The van der Waals surface area contributed by atoms with E-state index in [-0.39, 0.29) is 24.2 Å². The zero-order chi connectivity index (χ0) is 20.2. The number of benzene rings is 2. The predicted octanol–water partition coefficient (Wildman–Crippen LogP) is 5.23. The Kier molecular flexibility index (Phi) is 7.53. The molecule has 1 amide bonds. The number of nitrogens with one attached hydrogen (secondary N) is 2. The number of aryl methyl sites for hydroxylation is 1. The van der Waals surface area contributed by atoms with Crippen LogP contribution in [0.15, 0.2) is 54.7 Å². The number of piperidine rings is 1. The van der Waals surface area contributed by atoms with Gasteiger partial charge in [0.2, 0.25) is 0 Å². The second-order valence-electron chi connectivity index (χ2n) is 7.36. The Morgan fingerprint density at radius 1 is 1.13 bits per heavy atom. The average Bonchev–Trinajstić information content (AvgIpc) is 3.21. The van der Waals surface area contributed by atoms with Gasteiger partial charge in [-0.05, 0) is 74.3 Å². The van der Waals surface area contributed by atoms with Gasteiger partial charge in [-0.25, -0.2) is 4.68 Å². The molecule has 5 nitrogen and oxygen atoms in total. The van der Waals surface area contributed by atoms with E-state index in [1.807, 2.05) is 53.2 Å². The molecule has 2 aromatic carbocycles. The number of carbonyl (C=O) groups is 1. The summed E-state index contributed by atoms with van der Waals surface area (Å²) in [6, 6.07) is 15.5. The minimum absolute atomic E-state index is 0. The standard InChI is InChI=1S/C23H25ClN4O.ClH/c1-2-16-3-7-19(8-4-16)27-23(29)21-15-26-28(20-9-5-18(24)6-10-20)22(21)17-11-13-25-14-12-17;/h3-10,15,17,25H,2,11-14H2,1H3,(H,27,29);1H. The molecule has 7 heteroatoms. The third-order valence-electron chi connectivity index (χ3n) is 5.47. The maximum Gasteiger partial charge on any atom is 0.259 e. The Balaban J connectivity index is 0.00000256. The minimum Gasteiger partial charge on any atom is -0.322 e. The number of halogens is 2. The highest BCUT2D eigenvalue weighted by Gasteiger charge is 2.27. The lowest BCUT2D eigenvalue weighted by Gasteiger charge is -2.24. The molecule has 1 fully saturated rings. The monoisotopic (exact) mass is 444 g/mol. The van der Waals surface area contributed by atoms with Crippen LogP contribution in [-0.2, 0) is 6.42 Å². The van der Waals surface area contributed by atoms with Crippen molar-refractivity contribution in [3.05, 3.63) is 76.6 Å². The zero-order valence-corrected chi connectivity index (χ0v) is 18.5. The third kappa shape index (κ3) is 4.86. The maximum absolute atomic E-state index is 13.1. The van der Waals surface area contributed by atoms with Crippen molar-refractivity contribution in [3.63, 3.8) is 0 Å². The molecule has 0 saturated carbocycles. The van der Waals surface area contributed by atoms with E-state index in [1.165, 1.54) is 5.56 Å². The number of hydrogen-bond donors (Lipinski definition) is 2. The normalized spacial score (nSPS) is 14.2. The van der Waals surface area contributed by atoms with E-state index in [9.17, 15) is 4.79 Å². The van der Waals surface area contributed by atoms with Crippen molar-refractivity contribution in [2.75, 3.05) is 18.4 Å². The SMILES string of the molecule is CCc1ccc(NC(=O)c2cnn(-c3ccc(Cl)cc3)c2C2CCNCC2)cc1.Cl. The number of aromatic nitrogens is 2. The van der Waals surface area contributed by atoms with E-state index in [2.05, 4.69) is 22.7 Å². The predicted molar refractivity (Wildman–Crippen MR) is 124 cm³/mol. The minimum atomic E-state index is -0.122. The van der Waals surface area contributed by atoms with Gasteiger partial charge in [0, 0.05) is 16.6 Å². The highest BCUT2D eigenvalue weighted by atomic mass is 35.5. The lowest BCUT2D eigenvalue weighted by atomic mass is 9.91. The average molecular weight is 445 g/mol. The van der Waals surface area contributed by atoms with Crippen LogP contribution in [0, 0.1) is 0 Å². The van der Waals surface area contributed by atoms with E-state index in [0.717, 1.165) is 49.4 Å². The molecule has 158 valence electrons. The van der Waals surface area contributed by atoms with Gasteiger partial charge in [-0.1, -0.05) is 30.7 Å². The molecular weight excluding hydrogens is 419 g/mol. The molecule has 1 aliphatic rings. The van der Waals surface area contributed by atoms with Crippen molar-refractivity contribution < 1.29 is 4.79 Å². The molecule has 3 aromatic rings. The van der Waals surface area contributed by atoms with Crippen LogP contribution in [0.3, 0.4) is 0 Å². The van der Waals surface area contributed by atoms with Crippen molar-refractivity contribution >= 4 is 35.6 Å². The summed E-state index contributed by atoms with van der Waals surface area (Å²) < 4.78 is 1.89. The number of nitrogens with zero attached hydrogens (tertiary/aromatic N) is 2. The van der Waals surface area contributed by atoms with Gasteiger partial charge in [-0.3, -0.25) is 4.79 Å². The molecule has 4 rings (SSSR count). The molecule has 2 heterocycles. The summed E-state index contributed by atoms with van der Waals surface area (Å²) in [4.78, 5) is 13.1. The Morgan fingerprint density at radius 2 is 1.80 bits per heavy atom. The molecular formula is C23H26Cl2N4O. The molecule has 0 radical (unpaired) electrons. The van der Waals surface area contributed by atoms with Crippen molar-refractivity contribution in [2.45, 2.75) is 32.1 Å². The molecule has 2 N–H and O–H groups in total. The summed E-state index contributed by atoms with van der Waals surface area (Å²) >= 11 is 6.05. The fourth-order valence-electron chi connectivity index (χ4n) is 3.83. The lowest BCUT2D eigenvalue weighted by Crippen LogP contribution is -2.29. The number of anilines is 1. The summed E-state index contributed by atoms with van der Waals surface area (Å²) in [5, 5.41) is 11.7. The Hall–Kier alpha value is -2.34. The van der Waals surface area contributed by atoms with E-state index in [1.54, 1.807) is 6.20 Å². The Labute approximate surface area is 188 Å². The lowest BCUT2D eigenvalue weighted by molar-refractivity contribution is 0.102. The molecule has 0 spiro atoms. The quantitative estimate of drug-likeness (QED) is 0.566. The van der Waals surface area contributed by atoms with Crippen LogP contribution in [0.25, 0.3) is 5.69 Å². The second kappa shape index (κ2) is 10.1. The van der Waals surface area contributed by atoms with Gasteiger partial charge in [0.25, 0.3) is 5.91 Å². The summed E-state index contributed by atoms with van der Waals surface area (Å²) in [5.74, 6) is 0.153. The van der Waals surface area contributed by atoms with Gasteiger partial charge in [0.05, 0.1) is 23.1 Å². The van der Waals surface area contributed by atoms with Crippen molar-refractivity contribution in [3.8, 4) is 5.69 Å². The molecule has 0 aliphatic carbocycles. The van der Waals surface area contributed by atoms with Gasteiger partial charge in [-0.15, -0.1) is 12.4 Å². The fourth-order valence-corrected chi connectivity index (χ4v) is 3.96. The van der Waals surface area contributed by atoms with Crippen LogP contribution in [0.1, 0.15) is 47.3 Å². The van der Waals surface area contributed by atoms with Gasteiger partial charge in [0.15, 0.2) is 0 Å². The molecule has 0 bridgehead atoms. The van der Waals surface area contributed by atoms with Crippen molar-refractivity contribution in [1.29, 1.82) is 0 Å². The van der Waals surface area contributed by atoms with Gasteiger partial charge in [0.1, 0.15) is 0 Å². The first kappa shape index (κ1) is 22.3. The number of carbonyl (C=O) groups excluding carboxylic acids is 1. The number of hydrogen-bond acceptors (Lipinski definition) is 3. The van der Waals surface area contributed by atoms with Crippen LogP contribution in [0.5, 0.6) is 0 Å². The summed E-state index contributed by atoms with van der Waals surface area (Å²) in [6.45, 7) is 4.00. The van der Waals surface area contributed by atoms with Crippen LogP contribution in [0.4, 0.5) is 5.69 Å². The number of amides is 1. The summed E-state index contributed by atoms with van der Waals surface area (Å²) in [7, 11) is 0. The van der Waals surface area contributed by atoms with Gasteiger partial charge < -0.3 is 10.6 Å². The smallest absolute Gasteiger partial charge is 0.259 e. The highest BCUT2D eigenvalue weighted by Crippen LogP contribution is 2.31. The van der Waals surface area contributed by atoms with Gasteiger partial charge in [-0.2, -0.15) is 5.10 Å². The van der Waals surface area contributed by atoms with E-state index in [4.69, 9.17) is 11.6 Å². The second-order valence-corrected chi connectivity index (χ2v) is 7.80. The summed E-state index contributed by atoms with van der Waals surface area (Å²) in [5.41, 5.74) is 4.55. The van der Waals surface area contributed by atoms with Crippen LogP contribution in [0.2, 0.25) is 5.02 Å². The topological polar surface area (TPSA) is 59.0 Å². The van der Waals surface area contributed by atoms with Crippen LogP contribution in [-0.4, -0.2) is 28.8 Å². The highest BCUT2D eigenvalue weighted by molar-refractivity contribution is 6.30.